The van der Waals surface area contributed by atoms with E-state index in [4.69, 9.17) is 17.3 Å². The van der Waals surface area contributed by atoms with E-state index in [1.807, 2.05) is 0 Å². The van der Waals surface area contributed by atoms with Gasteiger partial charge in [0.25, 0.3) is 0 Å². The lowest BCUT2D eigenvalue weighted by Gasteiger charge is -2.32. The molecule has 0 bridgehead atoms. The van der Waals surface area contributed by atoms with Crippen molar-refractivity contribution in [3.8, 4) is 0 Å². The lowest BCUT2D eigenvalue weighted by Crippen LogP contribution is -2.43. The van der Waals surface area contributed by atoms with Crippen LogP contribution in [0.15, 0.2) is 47.5 Å². The average molecular weight is 353 g/mol. The first kappa shape index (κ1) is 16.8. The maximum atomic E-state index is 14.0. The largest absolute Gasteiger partial charge is 0.400 e. The van der Waals surface area contributed by atoms with Crippen molar-refractivity contribution in [1.29, 1.82) is 0 Å². The second-order valence-corrected chi connectivity index (χ2v) is 6.53. The van der Waals surface area contributed by atoms with Gasteiger partial charge in [0, 0.05) is 22.8 Å². The van der Waals surface area contributed by atoms with E-state index in [1.165, 1.54) is 18.2 Å². The third-order valence-electron chi connectivity index (χ3n) is 4.55. The van der Waals surface area contributed by atoms with Crippen molar-refractivity contribution in [3.63, 3.8) is 0 Å². The number of nitrogens with two attached hydrogens (primary N) is 1. The first-order valence-corrected chi connectivity index (χ1v) is 7.83. The highest BCUT2D eigenvalue weighted by Crippen LogP contribution is 2.48. The maximum absolute atomic E-state index is 14.0. The molecule has 1 unspecified atom stereocenters. The molecule has 0 saturated heterocycles. The van der Waals surface area contributed by atoms with Crippen LogP contribution >= 0.6 is 11.6 Å². The minimum atomic E-state index is -4.41. The van der Waals surface area contributed by atoms with Crippen LogP contribution in [-0.4, -0.2) is 18.4 Å². The Balaban J connectivity index is 2.01. The Hall–Kier alpha value is -2.01. The minimum Gasteiger partial charge on any atom is -0.399 e. The SMILES string of the molecule is Cc1cc(C2(C(F)(F)F)CN=C(c3ccc(Cl)cc3)C2)ccc1N. The van der Waals surface area contributed by atoms with Gasteiger partial charge in [0.2, 0.25) is 0 Å². The first-order valence-electron chi connectivity index (χ1n) is 7.45. The van der Waals surface area contributed by atoms with Gasteiger partial charge in [-0.3, -0.25) is 4.99 Å². The van der Waals surface area contributed by atoms with Gasteiger partial charge in [-0.1, -0.05) is 35.9 Å². The van der Waals surface area contributed by atoms with Crippen LogP contribution in [-0.2, 0) is 5.41 Å². The van der Waals surface area contributed by atoms with Gasteiger partial charge in [0.1, 0.15) is 5.41 Å². The Morgan fingerprint density at radius 3 is 2.38 bits per heavy atom. The quantitative estimate of drug-likeness (QED) is 0.765. The molecular weight excluding hydrogens is 337 g/mol. The number of nitrogens with zero attached hydrogens (tertiary/aromatic N) is 1. The van der Waals surface area contributed by atoms with Crippen LogP contribution in [0.4, 0.5) is 18.9 Å². The van der Waals surface area contributed by atoms with E-state index >= 15 is 0 Å². The van der Waals surface area contributed by atoms with E-state index in [-0.39, 0.29) is 18.5 Å². The molecule has 2 aromatic rings. The summed E-state index contributed by atoms with van der Waals surface area (Å²) in [6.45, 7) is 1.39. The Kier molecular flexibility index (Phi) is 4.08. The van der Waals surface area contributed by atoms with E-state index in [2.05, 4.69) is 4.99 Å². The number of benzene rings is 2. The van der Waals surface area contributed by atoms with Crippen molar-refractivity contribution < 1.29 is 13.2 Å². The molecule has 0 fully saturated rings. The van der Waals surface area contributed by atoms with Gasteiger partial charge in [0.05, 0.1) is 6.54 Å². The van der Waals surface area contributed by atoms with Crippen LogP contribution in [0.5, 0.6) is 0 Å². The predicted octanol–water partition coefficient (Wildman–Crippen LogP) is 4.92. The second kappa shape index (κ2) is 5.81. The van der Waals surface area contributed by atoms with E-state index in [0.29, 0.717) is 27.5 Å². The van der Waals surface area contributed by atoms with Crippen LogP contribution in [0.3, 0.4) is 0 Å². The summed E-state index contributed by atoms with van der Waals surface area (Å²) in [5.74, 6) is 0. The first-order chi connectivity index (χ1) is 11.2. The van der Waals surface area contributed by atoms with Gasteiger partial charge >= 0.3 is 6.18 Å². The van der Waals surface area contributed by atoms with Crippen molar-refractivity contribution in [2.45, 2.75) is 24.9 Å². The van der Waals surface area contributed by atoms with Gasteiger partial charge in [-0.2, -0.15) is 13.2 Å². The summed E-state index contributed by atoms with van der Waals surface area (Å²) in [4.78, 5) is 4.21. The van der Waals surface area contributed by atoms with Gasteiger partial charge in [-0.15, -0.1) is 0 Å². The van der Waals surface area contributed by atoms with Gasteiger partial charge < -0.3 is 5.73 Å². The highest BCUT2D eigenvalue weighted by molar-refractivity contribution is 6.30. The number of anilines is 1. The molecule has 2 N–H and O–H groups in total. The molecule has 24 heavy (non-hydrogen) atoms. The molecule has 0 amide bonds. The fourth-order valence-electron chi connectivity index (χ4n) is 2.98. The van der Waals surface area contributed by atoms with Crippen LogP contribution < -0.4 is 5.73 Å². The molecule has 126 valence electrons. The number of aryl methyl sites for hydroxylation is 1. The molecule has 2 aromatic carbocycles. The molecule has 0 aliphatic carbocycles. The zero-order valence-corrected chi connectivity index (χ0v) is 13.7. The second-order valence-electron chi connectivity index (χ2n) is 6.10. The van der Waals surface area contributed by atoms with Gasteiger partial charge in [-0.05, 0) is 41.8 Å². The number of hydrogen-bond donors (Lipinski definition) is 1. The Morgan fingerprint density at radius 2 is 1.79 bits per heavy atom. The smallest absolute Gasteiger partial charge is 0.399 e. The molecule has 1 aliphatic rings. The number of aliphatic imine (C=N–C) groups is 1. The highest BCUT2D eigenvalue weighted by Gasteiger charge is 2.58. The van der Waals surface area contributed by atoms with Crippen LogP contribution in [0.1, 0.15) is 23.1 Å². The van der Waals surface area contributed by atoms with E-state index in [1.54, 1.807) is 31.2 Å². The standard InChI is InChI=1S/C18H16ClF3N2/c1-11-8-13(4-7-15(11)23)17(18(20,21)22)9-16(24-10-17)12-2-5-14(19)6-3-12/h2-8H,9-10,23H2,1H3. The predicted molar refractivity (Wildman–Crippen MR) is 90.8 cm³/mol. The van der Waals surface area contributed by atoms with E-state index < -0.39 is 11.6 Å². The number of alkyl halides is 3. The number of nitrogen functional groups attached to an aromatic ring is 1. The number of halogens is 4. The van der Waals surface area contributed by atoms with Crippen molar-refractivity contribution >= 4 is 23.0 Å². The molecule has 1 aliphatic heterocycles. The molecular formula is C18H16ClF3N2. The molecule has 0 aromatic heterocycles. The Morgan fingerprint density at radius 1 is 1.12 bits per heavy atom. The summed E-state index contributed by atoms with van der Waals surface area (Å²) in [5.41, 5.74) is 6.16. The monoisotopic (exact) mass is 352 g/mol. The molecule has 2 nitrogen and oxygen atoms in total. The minimum absolute atomic E-state index is 0.193. The zero-order chi connectivity index (χ0) is 17.5. The lowest BCUT2D eigenvalue weighted by molar-refractivity contribution is -0.183. The Labute approximate surface area is 143 Å². The summed E-state index contributed by atoms with van der Waals surface area (Å²) >= 11 is 5.84. The van der Waals surface area contributed by atoms with Crippen LogP contribution in [0.2, 0.25) is 5.02 Å². The zero-order valence-electron chi connectivity index (χ0n) is 13.0. The van der Waals surface area contributed by atoms with Crippen LogP contribution in [0.25, 0.3) is 0 Å². The van der Waals surface area contributed by atoms with Crippen LogP contribution in [0, 0.1) is 6.92 Å². The fraction of sp³-hybridized carbons (Fsp3) is 0.278. The van der Waals surface area contributed by atoms with Crippen molar-refractivity contribution in [2.75, 3.05) is 12.3 Å². The summed E-state index contributed by atoms with van der Waals surface area (Å²) in [7, 11) is 0. The van der Waals surface area contributed by atoms with Crippen molar-refractivity contribution in [1.82, 2.24) is 0 Å². The van der Waals surface area contributed by atoms with Gasteiger partial charge in [0.15, 0.2) is 0 Å². The third kappa shape index (κ3) is 2.77. The number of hydrogen-bond acceptors (Lipinski definition) is 2. The van der Waals surface area contributed by atoms with Gasteiger partial charge in [-0.25, -0.2) is 0 Å². The molecule has 1 atom stereocenters. The summed E-state index contributed by atoms with van der Waals surface area (Å²) in [5, 5.41) is 0.536. The fourth-order valence-corrected chi connectivity index (χ4v) is 3.11. The molecule has 1 heterocycles. The van der Waals surface area contributed by atoms with E-state index in [0.717, 1.165) is 0 Å². The molecule has 0 spiro atoms. The molecule has 3 rings (SSSR count). The molecule has 0 saturated carbocycles. The molecule has 0 radical (unpaired) electrons. The average Bonchev–Trinajstić information content (AvgIpc) is 2.97. The highest BCUT2D eigenvalue weighted by atomic mass is 35.5. The summed E-state index contributed by atoms with van der Waals surface area (Å²) in [6.07, 6.45) is -4.60. The summed E-state index contributed by atoms with van der Waals surface area (Å²) < 4.78 is 41.9. The van der Waals surface area contributed by atoms with E-state index in [9.17, 15) is 13.2 Å². The lowest BCUT2D eigenvalue weighted by atomic mass is 9.76. The number of rotatable bonds is 2. The summed E-state index contributed by atoms with van der Waals surface area (Å²) in [6, 6.07) is 11.2. The normalized spacial score (nSPS) is 21.0. The topological polar surface area (TPSA) is 38.4 Å². The van der Waals surface area contributed by atoms with Crippen molar-refractivity contribution in [3.05, 3.63) is 64.2 Å². The Bertz CT molecular complexity index is 797. The molecule has 6 heteroatoms. The maximum Gasteiger partial charge on any atom is 0.400 e. The third-order valence-corrected chi connectivity index (χ3v) is 4.80. The van der Waals surface area contributed by atoms with Crippen molar-refractivity contribution in [2.24, 2.45) is 4.99 Å².